The Kier molecular flexibility index (Phi) is 6.76. The van der Waals surface area contributed by atoms with Crippen LogP contribution in [0.5, 0.6) is 0 Å². The molecule has 3 rings (SSSR count). The van der Waals surface area contributed by atoms with Crippen LogP contribution in [-0.4, -0.2) is 35.8 Å². The lowest BCUT2D eigenvalue weighted by molar-refractivity contribution is -0.123. The summed E-state index contributed by atoms with van der Waals surface area (Å²) in [6.07, 6.45) is 2.12. The molecule has 5 nitrogen and oxygen atoms in total. The second kappa shape index (κ2) is 9.46. The third-order valence-electron chi connectivity index (χ3n) is 5.18. The molecule has 1 aliphatic heterocycles. The Morgan fingerprint density at radius 2 is 1.61 bits per heavy atom. The molecule has 1 aliphatic rings. The van der Waals surface area contributed by atoms with Gasteiger partial charge in [-0.05, 0) is 68.8 Å². The molecule has 0 aromatic heterocycles. The van der Waals surface area contributed by atoms with E-state index >= 15 is 0 Å². The van der Waals surface area contributed by atoms with Gasteiger partial charge in [0.1, 0.15) is 5.82 Å². The maximum atomic E-state index is 13.0. The Morgan fingerprint density at radius 3 is 2.21 bits per heavy atom. The average molecular weight is 383 g/mol. The summed E-state index contributed by atoms with van der Waals surface area (Å²) in [5, 5.41) is 5.82. The van der Waals surface area contributed by atoms with Gasteiger partial charge in [-0.2, -0.15) is 0 Å². The monoisotopic (exact) mass is 383 g/mol. The van der Waals surface area contributed by atoms with Crippen LogP contribution in [0.25, 0.3) is 0 Å². The Balaban J connectivity index is 1.52. The molecule has 2 amide bonds. The predicted molar refractivity (Wildman–Crippen MR) is 108 cm³/mol. The smallest absolute Gasteiger partial charge is 0.241 e. The summed E-state index contributed by atoms with van der Waals surface area (Å²) >= 11 is 0. The lowest BCUT2D eigenvalue weighted by Crippen LogP contribution is -2.48. The zero-order valence-corrected chi connectivity index (χ0v) is 16.0. The van der Waals surface area contributed by atoms with Gasteiger partial charge in [-0.3, -0.25) is 14.5 Å². The van der Waals surface area contributed by atoms with Crippen molar-refractivity contribution in [3.05, 3.63) is 60.4 Å². The second-order valence-corrected chi connectivity index (χ2v) is 7.09. The summed E-state index contributed by atoms with van der Waals surface area (Å²) in [6.45, 7) is 3.37. The number of hydrogen-bond donors (Lipinski definition) is 2. The van der Waals surface area contributed by atoms with E-state index in [-0.39, 0.29) is 29.6 Å². The number of piperidine rings is 1. The summed E-state index contributed by atoms with van der Waals surface area (Å²) in [4.78, 5) is 27.3. The number of carbonyl (C=O) groups is 2. The van der Waals surface area contributed by atoms with Crippen LogP contribution in [0.4, 0.5) is 15.8 Å². The molecule has 1 unspecified atom stereocenters. The number of carbonyl (C=O) groups excluding carboxylic acids is 2. The van der Waals surface area contributed by atoms with E-state index in [0.717, 1.165) is 18.5 Å². The topological polar surface area (TPSA) is 61.4 Å². The van der Waals surface area contributed by atoms with E-state index in [2.05, 4.69) is 15.5 Å². The van der Waals surface area contributed by atoms with E-state index in [9.17, 15) is 14.0 Å². The summed E-state index contributed by atoms with van der Waals surface area (Å²) < 4.78 is 13.0. The molecule has 0 bridgehead atoms. The van der Waals surface area contributed by atoms with Crippen molar-refractivity contribution >= 4 is 23.2 Å². The van der Waals surface area contributed by atoms with E-state index < -0.39 is 0 Å². The van der Waals surface area contributed by atoms with Crippen molar-refractivity contribution in [3.63, 3.8) is 0 Å². The summed E-state index contributed by atoms with van der Waals surface area (Å²) in [5.74, 6) is -0.439. The Hall–Kier alpha value is -2.73. The third-order valence-corrected chi connectivity index (χ3v) is 5.18. The van der Waals surface area contributed by atoms with Crippen LogP contribution < -0.4 is 10.6 Å². The van der Waals surface area contributed by atoms with Crippen molar-refractivity contribution < 1.29 is 14.0 Å². The van der Waals surface area contributed by atoms with Crippen LogP contribution >= 0.6 is 0 Å². The Morgan fingerprint density at radius 1 is 1.00 bits per heavy atom. The van der Waals surface area contributed by atoms with E-state index in [1.54, 1.807) is 12.1 Å². The maximum absolute atomic E-state index is 13.0. The van der Waals surface area contributed by atoms with Crippen molar-refractivity contribution in [2.75, 3.05) is 23.7 Å². The predicted octanol–water partition coefficient (Wildman–Crippen LogP) is 3.89. The first-order valence-corrected chi connectivity index (χ1v) is 9.73. The number of benzene rings is 2. The highest BCUT2D eigenvalue weighted by Gasteiger charge is 2.31. The molecule has 2 aromatic rings. The summed E-state index contributed by atoms with van der Waals surface area (Å²) in [5.41, 5.74) is 1.39. The van der Waals surface area contributed by atoms with Gasteiger partial charge in [0.2, 0.25) is 11.8 Å². The molecule has 0 saturated carbocycles. The molecular weight excluding hydrogens is 357 g/mol. The van der Waals surface area contributed by atoms with E-state index in [1.165, 1.54) is 12.1 Å². The normalized spacial score (nSPS) is 16.4. The van der Waals surface area contributed by atoms with Crippen molar-refractivity contribution in [2.45, 2.75) is 32.2 Å². The van der Waals surface area contributed by atoms with Crippen molar-refractivity contribution in [1.29, 1.82) is 0 Å². The van der Waals surface area contributed by atoms with Gasteiger partial charge in [-0.25, -0.2) is 4.39 Å². The first-order valence-electron chi connectivity index (χ1n) is 9.73. The van der Waals surface area contributed by atoms with Gasteiger partial charge < -0.3 is 10.6 Å². The van der Waals surface area contributed by atoms with Gasteiger partial charge in [0.25, 0.3) is 0 Å². The number of halogens is 1. The van der Waals surface area contributed by atoms with Gasteiger partial charge in [0.05, 0.1) is 6.04 Å². The molecule has 1 saturated heterocycles. The molecule has 6 heteroatoms. The van der Waals surface area contributed by atoms with Gasteiger partial charge in [0.15, 0.2) is 0 Å². The van der Waals surface area contributed by atoms with E-state index in [4.69, 9.17) is 0 Å². The molecular formula is C22H26FN3O2. The molecule has 1 atom stereocenters. The molecule has 1 fully saturated rings. The fourth-order valence-corrected chi connectivity index (χ4v) is 3.61. The van der Waals surface area contributed by atoms with Gasteiger partial charge in [-0.15, -0.1) is 0 Å². The van der Waals surface area contributed by atoms with Gasteiger partial charge >= 0.3 is 0 Å². The molecule has 2 N–H and O–H groups in total. The van der Waals surface area contributed by atoms with E-state index in [1.807, 2.05) is 37.3 Å². The van der Waals surface area contributed by atoms with Crippen LogP contribution in [0.3, 0.4) is 0 Å². The zero-order chi connectivity index (χ0) is 19.9. The van der Waals surface area contributed by atoms with Gasteiger partial charge in [-0.1, -0.05) is 25.1 Å². The standard InChI is InChI=1S/C22H26FN3O2/c1-2-20(22(28)25-19-10-8-17(23)9-11-19)26-14-12-16(13-15-26)21(27)24-18-6-4-3-5-7-18/h3-11,16,20H,2,12-15H2,1H3,(H,24,27)(H,25,28). The first-order chi connectivity index (χ1) is 13.6. The highest BCUT2D eigenvalue weighted by molar-refractivity contribution is 5.95. The number of anilines is 2. The Bertz CT molecular complexity index is 787. The largest absolute Gasteiger partial charge is 0.326 e. The number of para-hydroxylation sites is 1. The van der Waals surface area contributed by atoms with Crippen LogP contribution in [0.15, 0.2) is 54.6 Å². The van der Waals surface area contributed by atoms with Crippen LogP contribution in [-0.2, 0) is 9.59 Å². The lowest BCUT2D eigenvalue weighted by Gasteiger charge is -2.36. The molecule has 0 aliphatic carbocycles. The molecule has 2 aromatic carbocycles. The van der Waals surface area contributed by atoms with Crippen molar-refractivity contribution in [1.82, 2.24) is 4.90 Å². The number of hydrogen-bond acceptors (Lipinski definition) is 3. The molecule has 1 heterocycles. The third kappa shape index (κ3) is 5.16. The highest BCUT2D eigenvalue weighted by atomic mass is 19.1. The minimum atomic E-state index is -0.333. The number of rotatable bonds is 6. The van der Waals surface area contributed by atoms with Crippen molar-refractivity contribution in [2.24, 2.45) is 5.92 Å². The molecule has 0 radical (unpaired) electrons. The summed E-state index contributed by atoms with van der Waals surface area (Å²) in [7, 11) is 0. The van der Waals surface area contributed by atoms with Crippen LogP contribution in [0.1, 0.15) is 26.2 Å². The molecule has 0 spiro atoms. The minimum Gasteiger partial charge on any atom is -0.326 e. The molecule has 148 valence electrons. The van der Waals surface area contributed by atoms with Crippen LogP contribution in [0.2, 0.25) is 0 Å². The quantitative estimate of drug-likeness (QED) is 0.795. The highest BCUT2D eigenvalue weighted by Crippen LogP contribution is 2.22. The van der Waals surface area contributed by atoms with Crippen LogP contribution in [0, 0.1) is 11.7 Å². The summed E-state index contributed by atoms with van der Waals surface area (Å²) in [6, 6.07) is 15.0. The fraction of sp³-hybridized carbons (Fsp3) is 0.364. The zero-order valence-electron chi connectivity index (χ0n) is 16.0. The molecule has 28 heavy (non-hydrogen) atoms. The number of nitrogens with one attached hydrogen (secondary N) is 2. The van der Waals surface area contributed by atoms with Crippen molar-refractivity contribution in [3.8, 4) is 0 Å². The lowest BCUT2D eigenvalue weighted by atomic mass is 9.94. The SMILES string of the molecule is CCC(C(=O)Nc1ccc(F)cc1)N1CCC(C(=O)Nc2ccccc2)CC1. The fourth-order valence-electron chi connectivity index (χ4n) is 3.61. The number of nitrogens with zero attached hydrogens (tertiary/aromatic N) is 1. The Labute approximate surface area is 164 Å². The number of amides is 2. The minimum absolute atomic E-state index is 0.0367. The van der Waals surface area contributed by atoms with E-state index in [0.29, 0.717) is 25.2 Å². The van der Waals surface area contributed by atoms with Gasteiger partial charge in [0, 0.05) is 17.3 Å². The number of likely N-dealkylation sites (tertiary alicyclic amines) is 1. The first kappa shape index (κ1) is 20.0. The second-order valence-electron chi connectivity index (χ2n) is 7.09. The average Bonchev–Trinajstić information content (AvgIpc) is 2.71. The maximum Gasteiger partial charge on any atom is 0.241 e.